The molecule has 5 nitrogen and oxygen atoms in total. The lowest BCUT2D eigenvalue weighted by Gasteiger charge is -2.23. The molecule has 0 saturated heterocycles. The Labute approximate surface area is 128 Å². The number of nitrogen functional groups attached to an aromatic ring is 1. The van der Waals surface area contributed by atoms with Gasteiger partial charge in [0.1, 0.15) is 0 Å². The molecule has 1 heterocycles. The van der Waals surface area contributed by atoms with Crippen molar-refractivity contribution in [2.45, 2.75) is 26.3 Å². The SMILES string of the molecule is CCCCN(Cc1csc(C(=O)NN)n1)c1ccccc1. The number of amides is 1. The van der Waals surface area contributed by atoms with Gasteiger partial charge in [0, 0.05) is 17.6 Å². The smallest absolute Gasteiger partial charge is 0.294 e. The third-order valence-corrected chi connectivity index (χ3v) is 4.02. The highest BCUT2D eigenvalue weighted by Gasteiger charge is 2.12. The maximum absolute atomic E-state index is 11.5. The molecule has 1 aromatic carbocycles. The van der Waals surface area contributed by atoms with Crippen LogP contribution >= 0.6 is 11.3 Å². The van der Waals surface area contributed by atoms with Crippen LogP contribution in [0.25, 0.3) is 0 Å². The van der Waals surface area contributed by atoms with Crippen molar-refractivity contribution in [3.8, 4) is 0 Å². The summed E-state index contributed by atoms with van der Waals surface area (Å²) in [4.78, 5) is 18.1. The monoisotopic (exact) mass is 304 g/mol. The Bertz CT molecular complexity index is 570. The number of hydrogen-bond donors (Lipinski definition) is 2. The molecular formula is C15H20N4OS. The number of anilines is 1. The van der Waals surface area contributed by atoms with E-state index in [2.05, 4.69) is 34.4 Å². The standard InChI is InChI=1S/C15H20N4OS/c1-2-3-9-19(13-7-5-4-6-8-13)10-12-11-21-15(17-12)14(20)18-16/h4-8,11H,2-3,9-10,16H2,1H3,(H,18,20). The van der Waals surface area contributed by atoms with Crippen LogP contribution in [0.4, 0.5) is 5.69 Å². The Morgan fingerprint density at radius 3 is 2.81 bits per heavy atom. The average molecular weight is 304 g/mol. The predicted octanol–water partition coefficient (Wildman–Crippen LogP) is 2.55. The number of hydrogen-bond acceptors (Lipinski definition) is 5. The van der Waals surface area contributed by atoms with Crippen molar-refractivity contribution < 1.29 is 4.79 Å². The number of thiazole rings is 1. The number of benzene rings is 1. The van der Waals surface area contributed by atoms with Crippen LogP contribution in [0.5, 0.6) is 0 Å². The molecule has 3 N–H and O–H groups in total. The van der Waals surface area contributed by atoms with Gasteiger partial charge in [-0.2, -0.15) is 0 Å². The Balaban J connectivity index is 2.11. The summed E-state index contributed by atoms with van der Waals surface area (Å²) in [7, 11) is 0. The normalized spacial score (nSPS) is 10.4. The third-order valence-electron chi connectivity index (χ3n) is 3.13. The van der Waals surface area contributed by atoms with Crippen molar-refractivity contribution >= 4 is 22.9 Å². The summed E-state index contributed by atoms with van der Waals surface area (Å²) in [5, 5.41) is 2.31. The van der Waals surface area contributed by atoms with Crippen LogP contribution in [0.2, 0.25) is 0 Å². The minimum absolute atomic E-state index is 0.342. The Hall–Kier alpha value is -1.92. The molecule has 2 rings (SSSR count). The fourth-order valence-corrected chi connectivity index (χ4v) is 2.74. The summed E-state index contributed by atoms with van der Waals surface area (Å²) < 4.78 is 0. The van der Waals surface area contributed by atoms with Gasteiger partial charge < -0.3 is 4.90 Å². The second-order valence-corrected chi connectivity index (χ2v) is 5.59. The molecule has 0 aliphatic carbocycles. The van der Waals surface area contributed by atoms with Crippen LogP contribution in [-0.2, 0) is 6.54 Å². The second-order valence-electron chi connectivity index (χ2n) is 4.73. The zero-order chi connectivity index (χ0) is 15.1. The van der Waals surface area contributed by atoms with Gasteiger partial charge in [0.15, 0.2) is 5.01 Å². The molecule has 1 amide bonds. The lowest BCUT2D eigenvalue weighted by molar-refractivity contribution is 0.0953. The van der Waals surface area contributed by atoms with E-state index in [1.54, 1.807) is 0 Å². The third kappa shape index (κ3) is 4.27. The molecule has 0 unspecified atom stereocenters. The van der Waals surface area contributed by atoms with E-state index in [1.165, 1.54) is 17.0 Å². The molecule has 0 spiro atoms. The van der Waals surface area contributed by atoms with Crippen LogP contribution < -0.4 is 16.2 Å². The lowest BCUT2D eigenvalue weighted by atomic mass is 10.2. The average Bonchev–Trinajstić information content (AvgIpc) is 3.00. The van der Waals surface area contributed by atoms with Gasteiger partial charge in [-0.15, -0.1) is 11.3 Å². The number of rotatable bonds is 7. The largest absolute Gasteiger partial charge is 0.366 e. The number of nitrogens with one attached hydrogen (secondary N) is 1. The predicted molar refractivity (Wildman–Crippen MR) is 86.2 cm³/mol. The first-order valence-electron chi connectivity index (χ1n) is 7.00. The van der Waals surface area contributed by atoms with Gasteiger partial charge in [-0.3, -0.25) is 10.2 Å². The highest BCUT2D eigenvalue weighted by Crippen LogP contribution is 2.19. The van der Waals surface area contributed by atoms with E-state index in [1.807, 2.05) is 23.6 Å². The molecule has 0 atom stereocenters. The number of para-hydroxylation sites is 1. The van der Waals surface area contributed by atoms with Crippen molar-refractivity contribution in [2.75, 3.05) is 11.4 Å². The van der Waals surface area contributed by atoms with Crippen LogP contribution in [0, 0.1) is 0 Å². The molecule has 2 aromatic rings. The van der Waals surface area contributed by atoms with E-state index in [0.29, 0.717) is 11.6 Å². The molecule has 21 heavy (non-hydrogen) atoms. The van der Waals surface area contributed by atoms with E-state index >= 15 is 0 Å². The summed E-state index contributed by atoms with van der Waals surface area (Å²) in [5.41, 5.74) is 4.17. The van der Waals surface area contributed by atoms with Gasteiger partial charge in [-0.25, -0.2) is 10.8 Å². The van der Waals surface area contributed by atoms with Crippen molar-refractivity contribution in [3.63, 3.8) is 0 Å². The number of nitrogens with two attached hydrogens (primary N) is 1. The number of carbonyl (C=O) groups excluding carboxylic acids is 1. The van der Waals surface area contributed by atoms with Crippen LogP contribution in [0.15, 0.2) is 35.7 Å². The maximum atomic E-state index is 11.5. The van der Waals surface area contributed by atoms with E-state index in [-0.39, 0.29) is 5.91 Å². The van der Waals surface area contributed by atoms with Gasteiger partial charge in [-0.05, 0) is 18.6 Å². The lowest BCUT2D eigenvalue weighted by Crippen LogP contribution is -2.30. The fourth-order valence-electron chi connectivity index (χ4n) is 2.03. The van der Waals surface area contributed by atoms with Crippen LogP contribution in [0.3, 0.4) is 0 Å². The van der Waals surface area contributed by atoms with Gasteiger partial charge in [0.2, 0.25) is 0 Å². The Kier molecular flexibility index (Phi) is 5.71. The molecule has 0 aliphatic heterocycles. The molecule has 1 aromatic heterocycles. The molecule has 0 aliphatic rings. The number of aromatic nitrogens is 1. The maximum Gasteiger partial charge on any atom is 0.294 e. The second kappa shape index (κ2) is 7.75. The van der Waals surface area contributed by atoms with Gasteiger partial charge in [0.05, 0.1) is 12.2 Å². The molecule has 0 fully saturated rings. The van der Waals surface area contributed by atoms with E-state index in [4.69, 9.17) is 5.84 Å². The zero-order valence-electron chi connectivity index (χ0n) is 12.1. The zero-order valence-corrected chi connectivity index (χ0v) is 12.9. The van der Waals surface area contributed by atoms with Crippen molar-refractivity contribution in [1.29, 1.82) is 0 Å². The first kappa shape index (κ1) is 15.5. The molecule has 6 heteroatoms. The molecule has 112 valence electrons. The number of unbranched alkanes of at least 4 members (excludes halogenated alkanes) is 1. The van der Waals surface area contributed by atoms with E-state index in [0.717, 1.165) is 25.1 Å². The number of nitrogens with zero attached hydrogens (tertiary/aromatic N) is 2. The van der Waals surface area contributed by atoms with Crippen molar-refractivity contribution in [2.24, 2.45) is 5.84 Å². The summed E-state index contributed by atoms with van der Waals surface area (Å²) in [6.07, 6.45) is 2.26. The van der Waals surface area contributed by atoms with Crippen LogP contribution in [0.1, 0.15) is 35.3 Å². The van der Waals surface area contributed by atoms with Gasteiger partial charge >= 0.3 is 0 Å². The topological polar surface area (TPSA) is 71.2 Å². The van der Waals surface area contributed by atoms with Crippen molar-refractivity contribution in [3.05, 3.63) is 46.4 Å². The number of carbonyl (C=O) groups is 1. The van der Waals surface area contributed by atoms with Crippen LogP contribution in [-0.4, -0.2) is 17.4 Å². The summed E-state index contributed by atoms with van der Waals surface area (Å²) in [5.74, 6) is 4.79. The Morgan fingerprint density at radius 2 is 2.14 bits per heavy atom. The summed E-state index contributed by atoms with van der Waals surface area (Å²) in [6.45, 7) is 3.84. The highest BCUT2D eigenvalue weighted by molar-refractivity contribution is 7.11. The highest BCUT2D eigenvalue weighted by atomic mass is 32.1. The van der Waals surface area contributed by atoms with Gasteiger partial charge in [-0.1, -0.05) is 31.5 Å². The minimum atomic E-state index is -0.342. The summed E-state index contributed by atoms with van der Waals surface area (Å²) in [6, 6.07) is 10.3. The van der Waals surface area contributed by atoms with E-state index < -0.39 is 0 Å². The van der Waals surface area contributed by atoms with Crippen molar-refractivity contribution in [1.82, 2.24) is 10.4 Å². The quantitative estimate of drug-likeness (QED) is 0.468. The van der Waals surface area contributed by atoms with E-state index in [9.17, 15) is 4.79 Å². The molecule has 0 radical (unpaired) electrons. The molecule has 0 saturated carbocycles. The first-order valence-corrected chi connectivity index (χ1v) is 7.88. The minimum Gasteiger partial charge on any atom is -0.366 e. The Morgan fingerprint density at radius 1 is 1.38 bits per heavy atom. The summed E-state index contributed by atoms with van der Waals surface area (Å²) >= 11 is 1.31. The number of hydrazine groups is 1. The molecule has 0 bridgehead atoms. The fraction of sp³-hybridized carbons (Fsp3) is 0.333. The van der Waals surface area contributed by atoms with Gasteiger partial charge in [0.25, 0.3) is 5.91 Å². The molecular weight excluding hydrogens is 284 g/mol. The first-order chi connectivity index (χ1) is 10.2.